The van der Waals surface area contributed by atoms with Crippen molar-refractivity contribution in [1.29, 1.82) is 0 Å². The fraction of sp³-hybridized carbons (Fsp3) is 0.375. The van der Waals surface area contributed by atoms with Crippen LogP contribution in [0.15, 0.2) is 39.8 Å². The Morgan fingerprint density at radius 2 is 1.96 bits per heavy atom. The molecule has 0 aliphatic rings. The van der Waals surface area contributed by atoms with E-state index in [0.29, 0.717) is 11.5 Å². The van der Waals surface area contributed by atoms with E-state index in [9.17, 15) is 13.2 Å². The standard InChI is InChI=1S/C16H20N2O4S/c1-11(2)23(20,21)15-8-6-5-7-14(15)16(19)18(4)10-13-9-12(3)22-17-13/h5-9,11H,10H2,1-4H3. The summed E-state index contributed by atoms with van der Waals surface area (Å²) in [5.41, 5.74) is 0.784. The molecule has 0 N–H and O–H groups in total. The number of benzene rings is 1. The molecule has 23 heavy (non-hydrogen) atoms. The van der Waals surface area contributed by atoms with Gasteiger partial charge in [0.2, 0.25) is 0 Å². The molecule has 0 aliphatic heterocycles. The number of carbonyl (C=O) groups is 1. The van der Waals surface area contributed by atoms with Crippen molar-refractivity contribution < 1.29 is 17.7 Å². The first-order chi connectivity index (χ1) is 10.7. The molecule has 0 atom stereocenters. The Hall–Kier alpha value is -2.15. The summed E-state index contributed by atoms with van der Waals surface area (Å²) in [6, 6.07) is 8.01. The number of rotatable bonds is 5. The van der Waals surface area contributed by atoms with Gasteiger partial charge in [0.05, 0.1) is 22.3 Å². The Morgan fingerprint density at radius 1 is 1.30 bits per heavy atom. The Labute approximate surface area is 136 Å². The predicted molar refractivity (Wildman–Crippen MR) is 85.8 cm³/mol. The normalized spacial score (nSPS) is 11.7. The maximum absolute atomic E-state index is 12.6. The van der Waals surface area contributed by atoms with E-state index in [2.05, 4.69) is 5.16 Å². The molecule has 1 amide bonds. The summed E-state index contributed by atoms with van der Waals surface area (Å²) in [5, 5.41) is 3.25. The molecule has 0 unspecified atom stereocenters. The van der Waals surface area contributed by atoms with Gasteiger partial charge in [-0.3, -0.25) is 4.79 Å². The topological polar surface area (TPSA) is 80.5 Å². The molecule has 0 radical (unpaired) electrons. The van der Waals surface area contributed by atoms with Crippen LogP contribution in [0.4, 0.5) is 0 Å². The molecule has 6 nitrogen and oxygen atoms in total. The van der Waals surface area contributed by atoms with Gasteiger partial charge in [-0.1, -0.05) is 17.3 Å². The number of amides is 1. The van der Waals surface area contributed by atoms with Crippen LogP contribution in [0.3, 0.4) is 0 Å². The third-order valence-corrected chi connectivity index (χ3v) is 5.68. The average molecular weight is 336 g/mol. The summed E-state index contributed by atoms with van der Waals surface area (Å²) >= 11 is 0. The third-order valence-electron chi connectivity index (χ3n) is 3.47. The lowest BCUT2D eigenvalue weighted by atomic mass is 10.2. The zero-order chi connectivity index (χ0) is 17.2. The molecule has 1 heterocycles. The summed E-state index contributed by atoms with van der Waals surface area (Å²) in [6.07, 6.45) is 0. The van der Waals surface area contributed by atoms with E-state index in [1.165, 1.54) is 17.0 Å². The largest absolute Gasteiger partial charge is 0.361 e. The quantitative estimate of drug-likeness (QED) is 0.838. The number of hydrogen-bond acceptors (Lipinski definition) is 5. The minimum atomic E-state index is -3.54. The van der Waals surface area contributed by atoms with Crippen molar-refractivity contribution in [1.82, 2.24) is 10.1 Å². The van der Waals surface area contributed by atoms with Gasteiger partial charge >= 0.3 is 0 Å². The lowest BCUT2D eigenvalue weighted by molar-refractivity contribution is 0.0778. The SMILES string of the molecule is Cc1cc(CN(C)C(=O)c2ccccc2S(=O)(=O)C(C)C)no1. The van der Waals surface area contributed by atoms with Gasteiger partial charge in [0.25, 0.3) is 5.91 Å². The Bertz CT molecular complexity index is 809. The van der Waals surface area contributed by atoms with Crippen molar-refractivity contribution in [2.24, 2.45) is 0 Å². The molecule has 0 spiro atoms. The van der Waals surface area contributed by atoms with Crippen LogP contribution in [0.5, 0.6) is 0 Å². The number of carbonyl (C=O) groups excluding carboxylic acids is 1. The van der Waals surface area contributed by atoms with Crippen molar-refractivity contribution in [3.63, 3.8) is 0 Å². The highest BCUT2D eigenvalue weighted by molar-refractivity contribution is 7.92. The lowest BCUT2D eigenvalue weighted by Crippen LogP contribution is -2.28. The number of aryl methyl sites for hydroxylation is 1. The Kier molecular flexibility index (Phi) is 4.89. The number of aromatic nitrogens is 1. The predicted octanol–water partition coefficient (Wildman–Crippen LogP) is 2.44. The summed E-state index contributed by atoms with van der Waals surface area (Å²) in [7, 11) is -1.93. The number of hydrogen-bond donors (Lipinski definition) is 0. The lowest BCUT2D eigenvalue weighted by Gasteiger charge is -2.18. The van der Waals surface area contributed by atoms with E-state index < -0.39 is 15.1 Å². The van der Waals surface area contributed by atoms with Crippen LogP contribution in [0.2, 0.25) is 0 Å². The maximum Gasteiger partial charge on any atom is 0.255 e. The summed E-state index contributed by atoms with van der Waals surface area (Å²) in [6.45, 7) is 5.20. The van der Waals surface area contributed by atoms with Gasteiger partial charge in [-0.2, -0.15) is 0 Å². The van der Waals surface area contributed by atoms with Crippen LogP contribution >= 0.6 is 0 Å². The zero-order valence-corrected chi connectivity index (χ0v) is 14.4. The van der Waals surface area contributed by atoms with Crippen LogP contribution < -0.4 is 0 Å². The highest BCUT2D eigenvalue weighted by atomic mass is 32.2. The van der Waals surface area contributed by atoms with Gasteiger partial charge in [-0.15, -0.1) is 0 Å². The monoisotopic (exact) mass is 336 g/mol. The molecule has 1 aromatic heterocycles. The van der Waals surface area contributed by atoms with Crippen LogP contribution in [0, 0.1) is 6.92 Å². The highest BCUT2D eigenvalue weighted by Gasteiger charge is 2.26. The second-order valence-corrected chi connectivity index (χ2v) is 8.15. The highest BCUT2D eigenvalue weighted by Crippen LogP contribution is 2.22. The van der Waals surface area contributed by atoms with Gasteiger partial charge in [0.1, 0.15) is 11.5 Å². The average Bonchev–Trinajstić information content (AvgIpc) is 2.91. The minimum Gasteiger partial charge on any atom is -0.361 e. The van der Waals surface area contributed by atoms with E-state index in [-0.39, 0.29) is 22.9 Å². The van der Waals surface area contributed by atoms with Crippen LogP contribution in [0.25, 0.3) is 0 Å². The second kappa shape index (κ2) is 6.54. The van der Waals surface area contributed by atoms with Crippen molar-refractivity contribution >= 4 is 15.7 Å². The molecule has 2 aromatic rings. The molecule has 0 aliphatic carbocycles. The number of nitrogens with zero attached hydrogens (tertiary/aromatic N) is 2. The van der Waals surface area contributed by atoms with Crippen LogP contribution in [-0.4, -0.2) is 36.7 Å². The fourth-order valence-corrected chi connectivity index (χ4v) is 3.40. The molecule has 0 saturated carbocycles. The molecule has 0 saturated heterocycles. The first kappa shape index (κ1) is 17.2. The first-order valence-electron chi connectivity index (χ1n) is 7.24. The minimum absolute atomic E-state index is 0.0585. The molecular weight excluding hydrogens is 316 g/mol. The smallest absolute Gasteiger partial charge is 0.255 e. The fourth-order valence-electron chi connectivity index (χ4n) is 2.16. The molecule has 1 aromatic carbocycles. The van der Waals surface area contributed by atoms with Gasteiger partial charge < -0.3 is 9.42 Å². The van der Waals surface area contributed by atoms with Crippen molar-refractivity contribution in [3.05, 3.63) is 47.3 Å². The van der Waals surface area contributed by atoms with Crippen molar-refractivity contribution in [2.75, 3.05) is 7.05 Å². The van der Waals surface area contributed by atoms with Gasteiger partial charge in [0, 0.05) is 13.1 Å². The Morgan fingerprint density at radius 3 is 2.52 bits per heavy atom. The third kappa shape index (κ3) is 3.61. The van der Waals surface area contributed by atoms with Crippen molar-refractivity contribution in [3.8, 4) is 0 Å². The van der Waals surface area contributed by atoms with E-state index in [1.54, 1.807) is 46.0 Å². The number of sulfone groups is 1. The van der Waals surface area contributed by atoms with Crippen LogP contribution in [-0.2, 0) is 16.4 Å². The van der Waals surface area contributed by atoms with Crippen molar-refractivity contribution in [2.45, 2.75) is 37.5 Å². The van der Waals surface area contributed by atoms with E-state index in [0.717, 1.165) is 0 Å². The first-order valence-corrected chi connectivity index (χ1v) is 8.78. The van der Waals surface area contributed by atoms with E-state index in [4.69, 9.17) is 4.52 Å². The van der Waals surface area contributed by atoms with Gasteiger partial charge in [-0.25, -0.2) is 8.42 Å². The second-order valence-electron chi connectivity index (χ2n) is 5.68. The summed E-state index contributed by atoms with van der Waals surface area (Å²) in [5.74, 6) is 0.286. The van der Waals surface area contributed by atoms with E-state index >= 15 is 0 Å². The molecule has 0 bridgehead atoms. The molecule has 2 rings (SSSR count). The van der Waals surface area contributed by atoms with Gasteiger partial charge in [-0.05, 0) is 32.9 Å². The van der Waals surface area contributed by atoms with E-state index in [1.807, 2.05) is 0 Å². The van der Waals surface area contributed by atoms with Crippen LogP contribution in [0.1, 0.15) is 35.7 Å². The summed E-state index contributed by atoms with van der Waals surface area (Å²) < 4.78 is 29.9. The Balaban J connectivity index is 2.33. The molecule has 7 heteroatoms. The summed E-state index contributed by atoms with van der Waals surface area (Å²) in [4.78, 5) is 14.1. The molecule has 0 fully saturated rings. The maximum atomic E-state index is 12.6. The molecular formula is C16H20N2O4S. The zero-order valence-electron chi connectivity index (χ0n) is 13.6. The van der Waals surface area contributed by atoms with Gasteiger partial charge in [0.15, 0.2) is 9.84 Å². The molecule has 124 valence electrons.